The third kappa shape index (κ3) is 5.04. The zero-order valence-corrected chi connectivity index (χ0v) is 14.2. The zero-order valence-electron chi connectivity index (χ0n) is 13.4. The third-order valence-electron chi connectivity index (χ3n) is 4.36. The number of hydrogen-bond donors (Lipinski definition) is 2. The molecule has 1 saturated carbocycles. The molecule has 1 amide bonds. The average Bonchev–Trinajstić information content (AvgIpc) is 3.28. The number of carbonyl (C=O) groups excluding carboxylic acids is 1. The van der Waals surface area contributed by atoms with Gasteiger partial charge in [-0.25, -0.2) is 9.59 Å². The van der Waals surface area contributed by atoms with Crippen LogP contribution in [-0.4, -0.2) is 70.1 Å². The normalized spacial score (nSPS) is 18.8. The minimum Gasteiger partial charge on any atom is -0.473 e. The largest absolute Gasteiger partial charge is 0.473 e. The van der Waals surface area contributed by atoms with E-state index in [0.29, 0.717) is 0 Å². The standard InChI is InChI=1S/C14H20N2OS.C2H2O4/c17-14(13-6-3-11-18-13)16-9-7-15(8-10-16)12-4-1-2-5-12;3-1(4)2(5)6/h3,6,11-12H,1-2,4-5,7-10H2;(H,3,4)(H,5,6). The molecule has 24 heavy (non-hydrogen) atoms. The number of carboxylic acids is 2. The van der Waals surface area contributed by atoms with Gasteiger partial charge >= 0.3 is 11.9 Å². The van der Waals surface area contributed by atoms with Gasteiger partial charge in [-0.3, -0.25) is 9.69 Å². The molecule has 0 atom stereocenters. The van der Waals surface area contributed by atoms with Crippen LogP contribution in [0, 0.1) is 0 Å². The van der Waals surface area contributed by atoms with E-state index in [-0.39, 0.29) is 5.91 Å². The Hall–Kier alpha value is -1.93. The van der Waals surface area contributed by atoms with E-state index in [9.17, 15) is 4.79 Å². The summed E-state index contributed by atoms with van der Waals surface area (Å²) in [6.45, 7) is 3.91. The van der Waals surface area contributed by atoms with Crippen molar-refractivity contribution < 1.29 is 24.6 Å². The van der Waals surface area contributed by atoms with Crippen LogP contribution in [0.2, 0.25) is 0 Å². The highest BCUT2D eigenvalue weighted by atomic mass is 32.1. The molecule has 1 saturated heterocycles. The summed E-state index contributed by atoms with van der Waals surface area (Å²) >= 11 is 1.55. The summed E-state index contributed by atoms with van der Waals surface area (Å²) < 4.78 is 0. The Morgan fingerprint density at radius 1 is 1.00 bits per heavy atom. The van der Waals surface area contributed by atoms with Crippen molar-refractivity contribution >= 4 is 29.2 Å². The second-order valence-electron chi connectivity index (χ2n) is 5.85. The summed E-state index contributed by atoms with van der Waals surface area (Å²) in [5.74, 6) is -3.43. The maximum Gasteiger partial charge on any atom is 0.414 e. The van der Waals surface area contributed by atoms with Gasteiger partial charge in [-0.15, -0.1) is 11.3 Å². The maximum absolute atomic E-state index is 12.2. The van der Waals surface area contributed by atoms with Crippen molar-refractivity contribution in [2.24, 2.45) is 0 Å². The predicted molar refractivity (Wildman–Crippen MR) is 89.3 cm³/mol. The fraction of sp³-hybridized carbons (Fsp3) is 0.562. The fourth-order valence-electron chi connectivity index (χ4n) is 3.12. The lowest BCUT2D eigenvalue weighted by molar-refractivity contribution is -0.159. The first-order chi connectivity index (χ1) is 11.5. The molecule has 1 aromatic rings. The minimum absolute atomic E-state index is 0.219. The number of piperazine rings is 1. The smallest absolute Gasteiger partial charge is 0.414 e. The SMILES string of the molecule is O=C(O)C(=O)O.O=C(c1cccs1)N1CCN(C2CCCC2)CC1. The van der Waals surface area contributed by atoms with Crippen molar-refractivity contribution in [3.63, 3.8) is 0 Å². The molecule has 2 fully saturated rings. The number of hydrogen-bond acceptors (Lipinski definition) is 5. The summed E-state index contributed by atoms with van der Waals surface area (Å²) in [5.41, 5.74) is 0. The van der Waals surface area contributed by atoms with E-state index in [1.165, 1.54) is 25.7 Å². The Morgan fingerprint density at radius 3 is 2.04 bits per heavy atom. The van der Waals surface area contributed by atoms with E-state index in [2.05, 4.69) is 4.90 Å². The molecular weight excluding hydrogens is 332 g/mol. The summed E-state index contributed by atoms with van der Waals surface area (Å²) in [5, 5.41) is 16.8. The fourth-order valence-corrected chi connectivity index (χ4v) is 3.81. The van der Waals surface area contributed by atoms with Crippen molar-refractivity contribution in [1.29, 1.82) is 0 Å². The van der Waals surface area contributed by atoms with Crippen LogP contribution in [0.15, 0.2) is 17.5 Å². The van der Waals surface area contributed by atoms with Crippen LogP contribution < -0.4 is 0 Å². The number of carbonyl (C=O) groups is 3. The number of amides is 1. The first-order valence-corrected chi connectivity index (χ1v) is 8.90. The third-order valence-corrected chi connectivity index (χ3v) is 5.22. The van der Waals surface area contributed by atoms with Crippen LogP contribution in [0.1, 0.15) is 35.4 Å². The molecule has 0 bridgehead atoms. The van der Waals surface area contributed by atoms with E-state index < -0.39 is 11.9 Å². The highest BCUT2D eigenvalue weighted by molar-refractivity contribution is 7.12. The second kappa shape index (κ2) is 8.79. The van der Waals surface area contributed by atoms with Crippen LogP contribution in [0.5, 0.6) is 0 Å². The summed E-state index contributed by atoms with van der Waals surface area (Å²) in [7, 11) is 0. The lowest BCUT2D eigenvalue weighted by atomic mass is 10.2. The lowest BCUT2D eigenvalue weighted by Gasteiger charge is -2.37. The van der Waals surface area contributed by atoms with Crippen LogP contribution in [0.25, 0.3) is 0 Å². The second-order valence-corrected chi connectivity index (χ2v) is 6.80. The van der Waals surface area contributed by atoms with Gasteiger partial charge < -0.3 is 15.1 Å². The Kier molecular flexibility index (Phi) is 6.74. The van der Waals surface area contributed by atoms with Crippen molar-refractivity contribution in [3.05, 3.63) is 22.4 Å². The van der Waals surface area contributed by atoms with E-state index >= 15 is 0 Å². The number of carboxylic acid groups (broad SMARTS) is 2. The van der Waals surface area contributed by atoms with Crippen molar-refractivity contribution in [2.75, 3.05) is 26.2 Å². The molecule has 0 spiro atoms. The Bertz CT molecular complexity index is 549. The number of rotatable bonds is 2. The molecule has 1 aromatic heterocycles. The molecule has 8 heteroatoms. The first-order valence-electron chi connectivity index (χ1n) is 8.02. The van der Waals surface area contributed by atoms with Gasteiger partial charge in [-0.05, 0) is 24.3 Å². The molecule has 0 aromatic carbocycles. The van der Waals surface area contributed by atoms with Gasteiger partial charge in [-0.2, -0.15) is 0 Å². The monoisotopic (exact) mass is 354 g/mol. The highest BCUT2D eigenvalue weighted by Crippen LogP contribution is 2.24. The molecule has 132 valence electrons. The molecule has 0 unspecified atom stereocenters. The van der Waals surface area contributed by atoms with Crippen LogP contribution >= 0.6 is 11.3 Å². The maximum atomic E-state index is 12.2. The van der Waals surface area contributed by atoms with Gasteiger partial charge in [0.15, 0.2) is 0 Å². The van der Waals surface area contributed by atoms with Gasteiger partial charge in [0.2, 0.25) is 0 Å². The molecule has 3 rings (SSSR count). The number of aliphatic carboxylic acids is 2. The predicted octanol–water partition coefficient (Wildman–Crippen LogP) is 1.60. The Labute approximate surface area is 144 Å². The van der Waals surface area contributed by atoms with E-state index in [4.69, 9.17) is 19.8 Å². The molecule has 2 aliphatic rings. The van der Waals surface area contributed by atoms with Crippen molar-refractivity contribution in [1.82, 2.24) is 9.80 Å². The van der Waals surface area contributed by atoms with Crippen molar-refractivity contribution in [3.8, 4) is 0 Å². The van der Waals surface area contributed by atoms with E-state index in [0.717, 1.165) is 37.1 Å². The molecule has 1 aliphatic carbocycles. The average molecular weight is 354 g/mol. The highest BCUT2D eigenvalue weighted by Gasteiger charge is 2.28. The Balaban J connectivity index is 0.000000301. The van der Waals surface area contributed by atoms with Crippen LogP contribution in [0.4, 0.5) is 0 Å². The summed E-state index contributed by atoms with van der Waals surface area (Å²) in [4.78, 5) is 35.9. The Morgan fingerprint density at radius 2 is 1.58 bits per heavy atom. The van der Waals surface area contributed by atoms with Gasteiger partial charge in [0, 0.05) is 32.2 Å². The minimum atomic E-state index is -1.82. The zero-order chi connectivity index (χ0) is 17.5. The number of thiophene rings is 1. The molecular formula is C16H22N2O5S. The van der Waals surface area contributed by atoms with E-state index in [1.807, 2.05) is 22.4 Å². The van der Waals surface area contributed by atoms with Crippen molar-refractivity contribution in [2.45, 2.75) is 31.7 Å². The molecule has 2 N–H and O–H groups in total. The molecule has 1 aliphatic heterocycles. The van der Waals surface area contributed by atoms with Gasteiger partial charge in [0.25, 0.3) is 5.91 Å². The van der Waals surface area contributed by atoms with E-state index in [1.54, 1.807) is 11.3 Å². The quantitative estimate of drug-likeness (QED) is 0.783. The van der Waals surface area contributed by atoms with Gasteiger partial charge in [-0.1, -0.05) is 18.9 Å². The molecule has 0 radical (unpaired) electrons. The van der Waals surface area contributed by atoms with Gasteiger partial charge in [0.1, 0.15) is 0 Å². The molecule has 2 heterocycles. The molecule has 7 nitrogen and oxygen atoms in total. The first kappa shape index (κ1) is 18.4. The number of nitrogens with zero attached hydrogens (tertiary/aromatic N) is 2. The van der Waals surface area contributed by atoms with Crippen LogP contribution in [0.3, 0.4) is 0 Å². The topological polar surface area (TPSA) is 98.1 Å². The van der Waals surface area contributed by atoms with Crippen LogP contribution in [-0.2, 0) is 9.59 Å². The summed E-state index contributed by atoms with van der Waals surface area (Å²) in [6.07, 6.45) is 5.50. The lowest BCUT2D eigenvalue weighted by Crippen LogP contribution is -2.51. The summed E-state index contributed by atoms with van der Waals surface area (Å²) in [6, 6.07) is 4.67. The van der Waals surface area contributed by atoms with Gasteiger partial charge in [0.05, 0.1) is 4.88 Å².